The average Bonchev–Trinajstić information content (AvgIpc) is 2.61. The summed E-state index contributed by atoms with van der Waals surface area (Å²) in [5.41, 5.74) is 4.35. The fraction of sp³-hybridized carbons (Fsp3) is 0.286. The number of aryl methyl sites for hydroxylation is 1. The molecule has 0 aromatic heterocycles. The maximum absolute atomic E-state index is 2.37. The number of likely N-dealkylation sites (N-methyl/N-ethyl adjacent to an activating group) is 1. The molecule has 0 N–H and O–H groups in total. The van der Waals surface area contributed by atoms with Crippen LogP contribution in [-0.2, 0) is 6.42 Å². The zero-order valence-electron chi connectivity index (χ0n) is 9.25. The minimum absolute atomic E-state index is 1.16. The van der Waals surface area contributed by atoms with E-state index in [-0.39, 0.29) is 0 Å². The van der Waals surface area contributed by atoms with Crippen LogP contribution in [0, 0.1) is 6.92 Å². The van der Waals surface area contributed by atoms with Gasteiger partial charge in [-0.2, -0.15) is 0 Å². The minimum Gasteiger partial charge on any atom is -0.374 e. The van der Waals surface area contributed by atoms with Gasteiger partial charge in [0.1, 0.15) is 0 Å². The fourth-order valence-electron chi connectivity index (χ4n) is 2.66. The van der Waals surface area contributed by atoms with E-state index in [4.69, 9.17) is 0 Å². The van der Waals surface area contributed by atoms with Crippen LogP contribution in [0.1, 0.15) is 11.1 Å². The summed E-state index contributed by atoms with van der Waals surface area (Å²) in [6.45, 7) is 3.36. The number of anilines is 1. The maximum atomic E-state index is 2.37. The van der Waals surface area contributed by atoms with Crippen molar-refractivity contribution < 1.29 is 0 Å². The highest BCUT2D eigenvalue weighted by molar-refractivity contribution is 5.98. The molecule has 2 aromatic carbocycles. The average molecular weight is 197 g/mol. The highest BCUT2D eigenvalue weighted by atomic mass is 15.1. The molecule has 76 valence electrons. The second-order valence-electron chi connectivity index (χ2n) is 4.42. The highest BCUT2D eigenvalue weighted by Crippen LogP contribution is 2.36. The number of nitrogens with zero attached hydrogens (tertiary/aromatic N) is 1. The predicted octanol–water partition coefficient (Wildman–Crippen LogP) is 3.14. The van der Waals surface area contributed by atoms with Crippen molar-refractivity contribution >= 4 is 16.5 Å². The van der Waals surface area contributed by atoms with Crippen LogP contribution in [0.5, 0.6) is 0 Å². The summed E-state index contributed by atoms with van der Waals surface area (Å²) in [5, 5.41) is 2.80. The molecular weight excluding hydrogens is 182 g/mol. The third-order valence-corrected chi connectivity index (χ3v) is 3.40. The van der Waals surface area contributed by atoms with Crippen molar-refractivity contribution in [2.45, 2.75) is 13.3 Å². The summed E-state index contributed by atoms with van der Waals surface area (Å²) < 4.78 is 0. The van der Waals surface area contributed by atoms with Crippen LogP contribution >= 0.6 is 0 Å². The second-order valence-corrected chi connectivity index (χ2v) is 4.42. The van der Waals surface area contributed by atoms with Gasteiger partial charge >= 0.3 is 0 Å². The van der Waals surface area contributed by atoms with Gasteiger partial charge in [0.2, 0.25) is 0 Å². The van der Waals surface area contributed by atoms with Crippen molar-refractivity contribution in [3.05, 3.63) is 41.5 Å². The molecule has 0 saturated heterocycles. The van der Waals surface area contributed by atoms with E-state index in [1.807, 2.05) is 0 Å². The zero-order chi connectivity index (χ0) is 10.4. The van der Waals surface area contributed by atoms with Gasteiger partial charge in [0.15, 0.2) is 0 Å². The first-order valence-electron chi connectivity index (χ1n) is 5.50. The molecule has 1 aliphatic heterocycles. The van der Waals surface area contributed by atoms with Gasteiger partial charge in [-0.05, 0) is 29.9 Å². The molecule has 1 heteroatoms. The Kier molecular flexibility index (Phi) is 1.75. The number of hydrogen-bond acceptors (Lipinski definition) is 1. The molecule has 1 aliphatic rings. The number of fused-ring (bicyclic) bond motifs is 3. The molecule has 3 rings (SSSR count). The Hall–Kier alpha value is -1.50. The Balaban J connectivity index is 2.45. The Morgan fingerprint density at radius 2 is 1.87 bits per heavy atom. The molecule has 0 radical (unpaired) electrons. The normalized spacial score (nSPS) is 14.7. The standard InChI is InChI=1S/C14H15N/c1-10-9-11-7-8-15(2)14(11)13-6-4-3-5-12(10)13/h3-6,9H,7-8H2,1-2H3. The van der Waals surface area contributed by atoms with Gasteiger partial charge in [0.05, 0.1) is 0 Å². The van der Waals surface area contributed by atoms with E-state index in [1.165, 1.54) is 34.0 Å². The SMILES string of the molecule is Cc1cc2c(c3ccccc13)N(C)CC2. The lowest BCUT2D eigenvalue weighted by molar-refractivity contribution is 0.957. The van der Waals surface area contributed by atoms with Gasteiger partial charge in [-0.15, -0.1) is 0 Å². The Morgan fingerprint density at radius 1 is 1.13 bits per heavy atom. The van der Waals surface area contributed by atoms with Crippen LogP contribution in [0.3, 0.4) is 0 Å². The summed E-state index contributed by atoms with van der Waals surface area (Å²) in [6.07, 6.45) is 1.19. The van der Waals surface area contributed by atoms with E-state index in [0.717, 1.165) is 6.54 Å². The molecule has 0 aliphatic carbocycles. The van der Waals surface area contributed by atoms with E-state index in [0.29, 0.717) is 0 Å². The molecule has 2 aromatic rings. The summed E-state index contributed by atoms with van der Waals surface area (Å²) in [4.78, 5) is 2.37. The summed E-state index contributed by atoms with van der Waals surface area (Å²) in [7, 11) is 2.19. The number of benzene rings is 2. The van der Waals surface area contributed by atoms with Gasteiger partial charge in [-0.1, -0.05) is 30.3 Å². The topological polar surface area (TPSA) is 3.24 Å². The molecule has 0 unspecified atom stereocenters. The van der Waals surface area contributed by atoms with Crippen LogP contribution in [0.4, 0.5) is 5.69 Å². The van der Waals surface area contributed by atoms with Crippen LogP contribution in [0.2, 0.25) is 0 Å². The smallest absolute Gasteiger partial charge is 0.0476 e. The van der Waals surface area contributed by atoms with E-state index >= 15 is 0 Å². The molecule has 1 nitrogen and oxygen atoms in total. The maximum Gasteiger partial charge on any atom is 0.0476 e. The summed E-state index contributed by atoms with van der Waals surface area (Å²) >= 11 is 0. The molecular formula is C14H15N. The van der Waals surface area contributed by atoms with Gasteiger partial charge in [-0.25, -0.2) is 0 Å². The molecule has 0 spiro atoms. The number of rotatable bonds is 0. The Labute approximate surface area is 90.3 Å². The van der Waals surface area contributed by atoms with Crippen LogP contribution in [0.25, 0.3) is 10.8 Å². The van der Waals surface area contributed by atoms with E-state index < -0.39 is 0 Å². The van der Waals surface area contributed by atoms with Crippen molar-refractivity contribution in [1.29, 1.82) is 0 Å². The molecule has 0 amide bonds. The van der Waals surface area contributed by atoms with Crippen molar-refractivity contribution in [3.8, 4) is 0 Å². The lowest BCUT2D eigenvalue weighted by Gasteiger charge is -2.15. The fourth-order valence-corrected chi connectivity index (χ4v) is 2.66. The molecule has 15 heavy (non-hydrogen) atoms. The molecule has 0 saturated carbocycles. The van der Waals surface area contributed by atoms with Crippen molar-refractivity contribution in [2.24, 2.45) is 0 Å². The lowest BCUT2D eigenvalue weighted by Crippen LogP contribution is -2.12. The number of hydrogen-bond donors (Lipinski definition) is 0. The van der Waals surface area contributed by atoms with Gasteiger partial charge in [0.25, 0.3) is 0 Å². The first kappa shape index (κ1) is 8.78. The molecule has 0 fully saturated rings. The molecule has 0 bridgehead atoms. The third-order valence-electron chi connectivity index (χ3n) is 3.40. The van der Waals surface area contributed by atoms with Gasteiger partial charge < -0.3 is 4.90 Å². The van der Waals surface area contributed by atoms with E-state index in [2.05, 4.69) is 49.2 Å². The lowest BCUT2D eigenvalue weighted by atomic mass is 9.99. The quantitative estimate of drug-likeness (QED) is 0.627. The van der Waals surface area contributed by atoms with Crippen LogP contribution in [0.15, 0.2) is 30.3 Å². The third kappa shape index (κ3) is 1.16. The van der Waals surface area contributed by atoms with Gasteiger partial charge in [0, 0.05) is 24.7 Å². The van der Waals surface area contributed by atoms with E-state index in [1.54, 1.807) is 0 Å². The van der Waals surface area contributed by atoms with Crippen molar-refractivity contribution in [3.63, 3.8) is 0 Å². The Morgan fingerprint density at radius 3 is 2.67 bits per heavy atom. The molecule has 1 heterocycles. The predicted molar refractivity (Wildman–Crippen MR) is 65.7 cm³/mol. The van der Waals surface area contributed by atoms with Crippen molar-refractivity contribution in [1.82, 2.24) is 0 Å². The van der Waals surface area contributed by atoms with Crippen LogP contribution < -0.4 is 4.90 Å². The Bertz CT molecular complexity index is 528. The first-order chi connectivity index (χ1) is 7.27. The first-order valence-corrected chi connectivity index (χ1v) is 5.50. The largest absolute Gasteiger partial charge is 0.374 e. The minimum atomic E-state index is 1.16. The zero-order valence-corrected chi connectivity index (χ0v) is 9.25. The van der Waals surface area contributed by atoms with E-state index in [9.17, 15) is 0 Å². The van der Waals surface area contributed by atoms with Crippen LogP contribution in [-0.4, -0.2) is 13.6 Å². The summed E-state index contributed by atoms with van der Waals surface area (Å²) in [6, 6.07) is 11.1. The second kappa shape index (κ2) is 2.99. The van der Waals surface area contributed by atoms with Crippen molar-refractivity contribution in [2.75, 3.05) is 18.5 Å². The highest BCUT2D eigenvalue weighted by Gasteiger charge is 2.18. The summed E-state index contributed by atoms with van der Waals surface area (Å²) in [5.74, 6) is 0. The molecule has 0 atom stereocenters. The monoisotopic (exact) mass is 197 g/mol. The van der Waals surface area contributed by atoms with Gasteiger partial charge in [-0.3, -0.25) is 0 Å².